The molecule has 0 bridgehead atoms. The maximum Gasteiger partial charge on any atom is 1.00 e. The molecule has 0 amide bonds. The van der Waals surface area contributed by atoms with Gasteiger partial charge in [0.1, 0.15) is 11.5 Å². The maximum atomic E-state index is 13.9. The minimum atomic E-state index is -1.43. The van der Waals surface area contributed by atoms with E-state index in [-0.39, 0.29) is 82.7 Å². The van der Waals surface area contributed by atoms with E-state index in [0.717, 1.165) is 12.8 Å². The molecule has 0 aliphatic carbocycles. The van der Waals surface area contributed by atoms with Gasteiger partial charge >= 0.3 is 29.6 Å². The summed E-state index contributed by atoms with van der Waals surface area (Å²) in [5.74, 6) is -2.92. The monoisotopic (exact) mass is 612 g/mol. The Balaban J connectivity index is 0.00000645. The molecule has 2 aliphatic heterocycles. The SMILES string of the molecule is CC[C@H](C(=O)[C@@H](C)[C@@H](O)[C@H](C)CCc1ccc(C)c(O)c1C(=O)[O-])[C@H]1O[C@](CC)([C@H]2CC[C@](O)(CC)[C@H](C)O2)C[C@@H]1C.[Na+]. The fourth-order valence-electron chi connectivity index (χ4n) is 7.44. The fraction of sp³-hybridized carbons (Fsp3) is 0.765. The van der Waals surface area contributed by atoms with E-state index < -0.39 is 29.2 Å². The standard InChI is InChI=1S/C34H54O8.Na/c1-9-25(31-21(6)18-34(11-3,42-31)26-16-17-33(40,10-2)23(8)41-26)30(37)22(7)28(35)19(4)12-14-24-15-13-20(5)29(36)27(24)32(38)39;/h13,15,19,21-23,25-26,28,31,35-36,40H,9-12,14,16-18H2,1-8H3,(H,38,39);/q;+1/p-1/t19-,21+,22+,23+,25-,26-,28+,31+,33-,34+;/m1./s1. The molecule has 0 aromatic heterocycles. The van der Waals surface area contributed by atoms with Crippen LogP contribution in [-0.4, -0.2) is 62.7 Å². The normalized spacial score (nSPS) is 32.0. The molecule has 0 unspecified atom stereocenters. The molecule has 10 atom stereocenters. The molecule has 3 N–H and O–H groups in total. The summed E-state index contributed by atoms with van der Waals surface area (Å²) in [5, 5.41) is 44.1. The summed E-state index contributed by atoms with van der Waals surface area (Å²) >= 11 is 0. The van der Waals surface area contributed by atoms with Crippen molar-refractivity contribution in [2.24, 2.45) is 23.7 Å². The van der Waals surface area contributed by atoms with Crippen molar-refractivity contribution in [3.8, 4) is 5.75 Å². The molecule has 2 heterocycles. The molecule has 2 aliphatic rings. The topological polar surface area (TPSA) is 136 Å². The molecule has 238 valence electrons. The summed E-state index contributed by atoms with van der Waals surface area (Å²) in [6.07, 6.45) is 3.21. The van der Waals surface area contributed by atoms with Gasteiger partial charge in [-0.3, -0.25) is 4.79 Å². The number of hydrogen-bond donors (Lipinski definition) is 3. The number of aryl methyl sites for hydroxylation is 2. The van der Waals surface area contributed by atoms with Gasteiger partial charge in [-0.1, -0.05) is 53.7 Å². The Hall–Kier alpha value is -1.00. The quantitative estimate of drug-likeness (QED) is 0.285. The van der Waals surface area contributed by atoms with Crippen LogP contribution in [0.15, 0.2) is 12.1 Å². The van der Waals surface area contributed by atoms with Gasteiger partial charge < -0.3 is 34.7 Å². The fourth-order valence-corrected chi connectivity index (χ4v) is 7.44. The van der Waals surface area contributed by atoms with Gasteiger partial charge in [-0.15, -0.1) is 0 Å². The van der Waals surface area contributed by atoms with Crippen molar-refractivity contribution in [2.75, 3.05) is 0 Å². The van der Waals surface area contributed by atoms with Gasteiger partial charge in [0.05, 0.1) is 41.6 Å². The summed E-state index contributed by atoms with van der Waals surface area (Å²) in [4.78, 5) is 25.5. The van der Waals surface area contributed by atoms with E-state index in [1.807, 2.05) is 27.7 Å². The molecule has 3 rings (SSSR count). The number of aliphatic hydroxyl groups is 2. The van der Waals surface area contributed by atoms with Gasteiger partial charge in [0, 0.05) is 17.4 Å². The average molecular weight is 613 g/mol. The van der Waals surface area contributed by atoms with Gasteiger partial charge in [0.2, 0.25) is 0 Å². The van der Waals surface area contributed by atoms with Crippen molar-refractivity contribution >= 4 is 11.8 Å². The Morgan fingerprint density at radius 2 is 1.79 bits per heavy atom. The minimum absolute atomic E-state index is 0. The van der Waals surface area contributed by atoms with E-state index in [4.69, 9.17) is 9.47 Å². The first kappa shape index (κ1) is 38.2. The van der Waals surface area contributed by atoms with Gasteiger partial charge in [-0.25, -0.2) is 0 Å². The summed E-state index contributed by atoms with van der Waals surface area (Å²) in [6, 6.07) is 3.33. The van der Waals surface area contributed by atoms with Crippen LogP contribution in [-0.2, 0) is 20.7 Å². The number of phenols is 1. The number of Topliss-reactive ketones (excluding diaryl/α,β-unsaturated/α-hetero) is 1. The van der Waals surface area contributed by atoms with Crippen LogP contribution in [0.5, 0.6) is 5.75 Å². The summed E-state index contributed by atoms with van der Waals surface area (Å²) in [6.45, 7) is 15.4. The van der Waals surface area contributed by atoms with Crippen LogP contribution in [0.3, 0.4) is 0 Å². The Labute approximate surface area is 280 Å². The zero-order chi connectivity index (χ0) is 31.6. The number of ketones is 1. The molecule has 0 radical (unpaired) electrons. The van der Waals surface area contributed by atoms with Gasteiger partial charge in [-0.2, -0.15) is 0 Å². The Bertz CT molecular complexity index is 1110. The molecule has 2 saturated heterocycles. The molecule has 0 saturated carbocycles. The van der Waals surface area contributed by atoms with Crippen molar-refractivity contribution in [2.45, 2.75) is 142 Å². The number of aromatic carboxylic acids is 1. The second-order valence-electron chi connectivity index (χ2n) is 13.2. The van der Waals surface area contributed by atoms with Crippen molar-refractivity contribution in [3.63, 3.8) is 0 Å². The van der Waals surface area contributed by atoms with Gasteiger partial charge in [0.25, 0.3) is 0 Å². The molecule has 9 heteroatoms. The van der Waals surface area contributed by atoms with E-state index in [0.29, 0.717) is 49.7 Å². The van der Waals surface area contributed by atoms with Crippen LogP contribution in [0.2, 0.25) is 0 Å². The number of aliphatic hydroxyl groups excluding tert-OH is 1. The summed E-state index contributed by atoms with van der Waals surface area (Å²) in [7, 11) is 0. The molecule has 2 fully saturated rings. The Morgan fingerprint density at radius 1 is 1.14 bits per heavy atom. The third kappa shape index (κ3) is 7.87. The van der Waals surface area contributed by atoms with Crippen LogP contribution in [0.1, 0.15) is 115 Å². The van der Waals surface area contributed by atoms with Gasteiger partial charge in [0.15, 0.2) is 0 Å². The van der Waals surface area contributed by atoms with E-state index >= 15 is 0 Å². The first-order valence-corrected chi connectivity index (χ1v) is 16.0. The van der Waals surface area contributed by atoms with E-state index in [2.05, 4.69) is 13.8 Å². The zero-order valence-corrected chi connectivity index (χ0v) is 29.8. The van der Waals surface area contributed by atoms with Crippen LogP contribution in [0.4, 0.5) is 0 Å². The molecule has 1 aromatic carbocycles. The Kier molecular flexibility index (Phi) is 13.8. The molecular weight excluding hydrogens is 559 g/mol. The second-order valence-corrected chi connectivity index (χ2v) is 13.2. The van der Waals surface area contributed by atoms with Crippen molar-refractivity contribution in [1.82, 2.24) is 0 Å². The smallest absolute Gasteiger partial charge is 0.545 e. The molecule has 43 heavy (non-hydrogen) atoms. The van der Waals surface area contributed by atoms with Crippen LogP contribution < -0.4 is 34.7 Å². The third-order valence-corrected chi connectivity index (χ3v) is 10.6. The molecular formula is C34H53NaO8. The zero-order valence-electron chi connectivity index (χ0n) is 27.8. The predicted molar refractivity (Wildman–Crippen MR) is 159 cm³/mol. The number of benzene rings is 1. The second kappa shape index (κ2) is 15.5. The number of carboxylic acids is 1. The number of hydrogen-bond acceptors (Lipinski definition) is 8. The molecule has 0 spiro atoms. The third-order valence-electron chi connectivity index (χ3n) is 10.6. The predicted octanol–water partition coefficient (Wildman–Crippen LogP) is 1.51. The largest absolute Gasteiger partial charge is 1.00 e. The number of aromatic hydroxyl groups is 1. The summed E-state index contributed by atoms with van der Waals surface area (Å²) in [5.41, 5.74) is -0.659. The van der Waals surface area contributed by atoms with Crippen LogP contribution in [0.25, 0.3) is 0 Å². The first-order valence-electron chi connectivity index (χ1n) is 16.0. The number of carboxylic acid groups (broad SMARTS) is 1. The Morgan fingerprint density at radius 3 is 2.33 bits per heavy atom. The number of carbonyl (C=O) groups excluding carboxylic acids is 2. The number of ether oxygens (including phenoxy) is 2. The van der Waals surface area contributed by atoms with E-state index in [9.17, 15) is 30.0 Å². The minimum Gasteiger partial charge on any atom is -0.545 e. The average Bonchev–Trinajstić information content (AvgIpc) is 3.31. The number of carbonyl (C=O) groups is 2. The van der Waals surface area contributed by atoms with Crippen molar-refractivity contribution in [1.29, 1.82) is 0 Å². The first-order chi connectivity index (χ1) is 19.7. The maximum absolute atomic E-state index is 13.9. The van der Waals surface area contributed by atoms with Gasteiger partial charge in [-0.05, 0) is 88.2 Å². The van der Waals surface area contributed by atoms with E-state index in [1.54, 1.807) is 26.0 Å². The van der Waals surface area contributed by atoms with E-state index in [1.165, 1.54) is 0 Å². The molecule has 8 nitrogen and oxygen atoms in total. The van der Waals surface area contributed by atoms with Crippen molar-refractivity contribution < 1.29 is 69.0 Å². The molecule has 1 aromatic rings. The van der Waals surface area contributed by atoms with Crippen molar-refractivity contribution in [3.05, 3.63) is 28.8 Å². The van der Waals surface area contributed by atoms with Crippen LogP contribution >= 0.6 is 0 Å². The summed E-state index contributed by atoms with van der Waals surface area (Å²) < 4.78 is 13.2. The van der Waals surface area contributed by atoms with Crippen LogP contribution in [0, 0.1) is 30.6 Å². The number of rotatable bonds is 13.